The van der Waals surface area contributed by atoms with Gasteiger partial charge in [0, 0.05) is 18.7 Å². The van der Waals surface area contributed by atoms with Gasteiger partial charge in [0.2, 0.25) is 15.9 Å². The van der Waals surface area contributed by atoms with Crippen LogP contribution in [-0.2, 0) is 35.6 Å². The lowest BCUT2D eigenvalue weighted by molar-refractivity contribution is -0.157. The minimum Gasteiger partial charge on any atom is -0.467 e. The quantitative estimate of drug-likeness (QED) is 0.534. The fourth-order valence-corrected chi connectivity index (χ4v) is 5.67. The Bertz CT molecular complexity index is 1180. The van der Waals surface area contributed by atoms with Crippen LogP contribution in [-0.4, -0.2) is 72.5 Å². The number of methoxy groups -OCH3 is 1. The van der Waals surface area contributed by atoms with Gasteiger partial charge >= 0.3 is 5.97 Å². The Labute approximate surface area is 200 Å². The van der Waals surface area contributed by atoms with E-state index in [9.17, 15) is 22.8 Å². The smallest absolute Gasteiger partial charge is 0.336 e. The minimum absolute atomic E-state index is 0.000353. The van der Waals surface area contributed by atoms with Crippen molar-refractivity contribution in [1.29, 1.82) is 0 Å². The molecule has 1 aliphatic heterocycles. The highest BCUT2D eigenvalue weighted by Gasteiger charge is 2.39. The number of rotatable bonds is 6. The Morgan fingerprint density at radius 3 is 2.76 bits per heavy atom. The number of nitrogens with zero attached hydrogens (tertiary/aromatic N) is 3. The van der Waals surface area contributed by atoms with Crippen LogP contribution in [0.25, 0.3) is 0 Å². The standard InChI is InChI=1S/C19H22Cl2N4O7S/c1-11-3-4-12(23-16(26)10-25-18(27)17(21)13(20)8-22-25)7-15(11)33(29,30)24-5-6-32-14(9-24)19(28)31-2/h3-4,8,14-15H,5-7,9-10H2,1-2H3,(H,23,26). The van der Waals surface area contributed by atoms with Crippen molar-refractivity contribution in [2.24, 2.45) is 0 Å². The van der Waals surface area contributed by atoms with Gasteiger partial charge in [-0.2, -0.15) is 9.40 Å². The van der Waals surface area contributed by atoms with Gasteiger partial charge in [0.25, 0.3) is 5.56 Å². The maximum absolute atomic E-state index is 13.3. The summed E-state index contributed by atoms with van der Waals surface area (Å²) < 4.78 is 38.6. The fraction of sp³-hybridized carbons (Fsp3) is 0.474. The molecule has 1 saturated heterocycles. The molecular formula is C19H22Cl2N4O7S. The topological polar surface area (TPSA) is 137 Å². The first kappa shape index (κ1) is 25.4. The van der Waals surface area contributed by atoms with Crippen molar-refractivity contribution in [1.82, 2.24) is 19.4 Å². The van der Waals surface area contributed by atoms with Crippen molar-refractivity contribution in [2.45, 2.75) is 31.2 Å². The van der Waals surface area contributed by atoms with E-state index < -0.39 is 45.4 Å². The summed E-state index contributed by atoms with van der Waals surface area (Å²) in [6, 6.07) is 0. The Hall–Kier alpha value is -2.25. The third-order valence-electron chi connectivity index (χ3n) is 5.21. The van der Waals surface area contributed by atoms with Crippen LogP contribution in [0.3, 0.4) is 0 Å². The van der Waals surface area contributed by atoms with Gasteiger partial charge in [-0.1, -0.05) is 34.9 Å². The summed E-state index contributed by atoms with van der Waals surface area (Å²) in [5.41, 5.74) is 0.210. The molecule has 1 N–H and O–H groups in total. The number of hydrogen-bond donors (Lipinski definition) is 1. The summed E-state index contributed by atoms with van der Waals surface area (Å²) >= 11 is 11.5. The van der Waals surface area contributed by atoms with E-state index in [1.807, 2.05) is 0 Å². The molecule has 33 heavy (non-hydrogen) atoms. The van der Waals surface area contributed by atoms with E-state index in [2.05, 4.69) is 15.2 Å². The van der Waals surface area contributed by atoms with E-state index in [0.29, 0.717) is 11.3 Å². The van der Waals surface area contributed by atoms with Gasteiger partial charge in [0.1, 0.15) is 16.8 Å². The number of esters is 1. The van der Waals surface area contributed by atoms with Gasteiger partial charge in [0.15, 0.2) is 6.10 Å². The molecule has 0 radical (unpaired) electrons. The molecule has 0 bridgehead atoms. The Kier molecular flexibility index (Phi) is 7.96. The van der Waals surface area contributed by atoms with Crippen LogP contribution in [0.2, 0.25) is 10.0 Å². The number of allylic oxidation sites excluding steroid dienone is 3. The second-order valence-corrected chi connectivity index (χ2v) is 10.3. The molecule has 1 aromatic heterocycles. The molecule has 11 nitrogen and oxygen atoms in total. The van der Waals surface area contributed by atoms with Crippen molar-refractivity contribution < 1.29 is 27.5 Å². The van der Waals surface area contributed by atoms with Crippen LogP contribution in [0.1, 0.15) is 13.3 Å². The monoisotopic (exact) mass is 520 g/mol. The molecule has 0 saturated carbocycles. The predicted octanol–water partition coefficient (Wildman–Crippen LogP) is 0.472. The summed E-state index contributed by atoms with van der Waals surface area (Å²) in [4.78, 5) is 36.3. The number of morpholine rings is 1. The molecule has 1 amide bonds. The normalized spacial score (nSPS) is 21.7. The molecule has 0 spiro atoms. The minimum atomic E-state index is -3.87. The third-order valence-corrected chi connectivity index (χ3v) is 8.27. The van der Waals surface area contributed by atoms with Crippen LogP contribution in [0.4, 0.5) is 0 Å². The van der Waals surface area contributed by atoms with Crippen LogP contribution in [0.15, 0.2) is 34.4 Å². The predicted molar refractivity (Wildman–Crippen MR) is 119 cm³/mol. The second kappa shape index (κ2) is 10.3. The van der Waals surface area contributed by atoms with Gasteiger partial charge in [0.05, 0.1) is 31.5 Å². The number of carbonyl (C=O) groups excluding carboxylic acids is 2. The molecule has 0 aromatic carbocycles. The van der Waals surface area contributed by atoms with Gasteiger partial charge in [-0.25, -0.2) is 17.9 Å². The van der Waals surface area contributed by atoms with Crippen LogP contribution in [0.5, 0.6) is 0 Å². The molecule has 14 heteroatoms. The molecule has 2 aliphatic rings. The lowest BCUT2D eigenvalue weighted by Crippen LogP contribution is -2.52. The summed E-state index contributed by atoms with van der Waals surface area (Å²) in [5, 5.41) is 5.16. The van der Waals surface area contributed by atoms with Crippen molar-refractivity contribution >= 4 is 45.1 Å². The lowest BCUT2D eigenvalue weighted by Gasteiger charge is -2.34. The maximum atomic E-state index is 13.3. The maximum Gasteiger partial charge on any atom is 0.336 e. The molecule has 3 rings (SSSR count). The molecule has 2 heterocycles. The molecule has 1 aromatic rings. The first-order valence-electron chi connectivity index (χ1n) is 9.81. The Balaban J connectivity index is 1.70. The van der Waals surface area contributed by atoms with Crippen LogP contribution in [0, 0.1) is 0 Å². The molecular weight excluding hydrogens is 499 g/mol. The summed E-state index contributed by atoms with van der Waals surface area (Å²) in [5.74, 6) is -1.24. The van der Waals surface area contributed by atoms with Crippen molar-refractivity contribution in [3.63, 3.8) is 0 Å². The average molecular weight is 521 g/mol. The van der Waals surface area contributed by atoms with E-state index in [-0.39, 0.29) is 36.2 Å². The number of nitrogens with one attached hydrogen (secondary N) is 1. The van der Waals surface area contributed by atoms with E-state index >= 15 is 0 Å². The molecule has 1 aliphatic carbocycles. The van der Waals surface area contributed by atoms with E-state index in [1.54, 1.807) is 19.1 Å². The van der Waals surface area contributed by atoms with Gasteiger partial charge < -0.3 is 14.8 Å². The molecule has 1 fully saturated rings. The molecule has 2 atom stereocenters. The third kappa shape index (κ3) is 5.64. The highest BCUT2D eigenvalue weighted by Crippen LogP contribution is 2.27. The average Bonchev–Trinajstić information content (AvgIpc) is 2.80. The lowest BCUT2D eigenvalue weighted by atomic mass is 10.0. The second-order valence-electron chi connectivity index (χ2n) is 7.40. The van der Waals surface area contributed by atoms with E-state index in [0.717, 1.165) is 10.9 Å². The van der Waals surface area contributed by atoms with Crippen molar-refractivity contribution in [2.75, 3.05) is 26.8 Å². The first-order chi connectivity index (χ1) is 15.5. The number of carbonyl (C=O) groups is 2. The fourth-order valence-electron chi connectivity index (χ4n) is 3.42. The zero-order chi connectivity index (χ0) is 24.3. The zero-order valence-corrected chi connectivity index (χ0v) is 20.1. The van der Waals surface area contributed by atoms with Crippen LogP contribution < -0.4 is 10.9 Å². The molecule has 2 unspecified atom stereocenters. The molecule has 180 valence electrons. The van der Waals surface area contributed by atoms with Gasteiger partial charge in [-0.05, 0) is 13.0 Å². The largest absolute Gasteiger partial charge is 0.467 e. The highest BCUT2D eigenvalue weighted by molar-refractivity contribution is 7.90. The summed E-state index contributed by atoms with van der Waals surface area (Å²) in [6.07, 6.45) is 3.35. The Morgan fingerprint density at radius 1 is 1.33 bits per heavy atom. The van der Waals surface area contributed by atoms with Crippen molar-refractivity contribution in [3.8, 4) is 0 Å². The Morgan fingerprint density at radius 2 is 2.06 bits per heavy atom. The number of hydrogen-bond acceptors (Lipinski definition) is 8. The summed E-state index contributed by atoms with van der Waals surface area (Å²) in [7, 11) is -2.67. The number of halogens is 2. The first-order valence-corrected chi connectivity index (χ1v) is 12.1. The number of aromatic nitrogens is 2. The zero-order valence-electron chi connectivity index (χ0n) is 17.8. The SMILES string of the molecule is COC(=O)C1CN(S(=O)(=O)C2CC(NC(=O)Cn3ncc(Cl)c(Cl)c3=O)=CC=C2C)CCO1. The number of ether oxygens (including phenoxy) is 2. The van der Waals surface area contributed by atoms with Crippen LogP contribution >= 0.6 is 23.2 Å². The van der Waals surface area contributed by atoms with E-state index in [4.69, 9.17) is 27.9 Å². The van der Waals surface area contributed by atoms with Gasteiger partial charge in [-0.3, -0.25) is 9.59 Å². The van der Waals surface area contributed by atoms with Crippen molar-refractivity contribution in [3.05, 3.63) is 50.0 Å². The highest BCUT2D eigenvalue weighted by atomic mass is 35.5. The number of sulfonamides is 1. The number of amides is 1. The van der Waals surface area contributed by atoms with E-state index in [1.165, 1.54) is 11.4 Å². The summed E-state index contributed by atoms with van der Waals surface area (Å²) in [6.45, 7) is 1.23. The van der Waals surface area contributed by atoms with Gasteiger partial charge in [-0.15, -0.1) is 0 Å².